The summed E-state index contributed by atoms with van der Waals surface area (Å²) in [4.78, 5) is 2.83. The zero-order valence-corrected chi connectivity index (χ0v) is 12.7. The third-order valence-corrected chi connectivity index (χ3v) is 4.11. The van der Waals surface area contributed by atoms with E-state index in [1.54, 1.807) is 0 Å². The first-order valence-electron chi connectivity index (χ1n) is 6.68. The third kappa shape index (κ3) is 3.81. The van der Waals surface area contributed by atoms with Gasteiger partial charge in [0.15, 0.2) is 0 Å². The Bertz CT molecular complexity index is 464. The number of likely N-dealkylation sites (N-methyl/N-ethyl adjacent to an activating group) is 1. The molecule has 1 heterocycles. The van der Waals surface area contributed by atoms with Crippen molar-refractivity contribution in [1.29, 1.82) is 0 Å². The maximum atomic E-state index is 6.27. The quantitative estimate of drug-likeness (QED) is 0.839. The van der Waals surface area contributed by atoms with Gasteiger partial charge in [0, 0.05) is 18.2 Å². The number of piperidine rings is 1. The lowest BCUT2D eigenvalue weighted by Gasteiger charge is -2.33. The van der Waals surface area contributed by atoms with Crippen LogP contribution in [0.2, 0.25) is 5.02 Å². The Labute approximate surface area is 125 Å². The fourth-order valence-corrected chi connectivity index (χ4v) is 2.83. The van der Waals surface area contributed by atoms with Crippen molar-refractivity contribution in [1.82, 2.24) is 4.90 Å². The summed E-state index contributed by atoms with van der Waals surface area (Å²) in [7, 11) is 0. The van der Waals surface area contributed by atoms with Crippen LogP contribution in [0.1, 0.15) is 25.3 Å². The summed E-state index contributed by atoms with van der Waals surface area (Å²) in [6.07, 6.45) is 2.41. The Morgan fingerprint density at radius 3 is 3.00 bits per heavy atom. The van der Waals surface area contributed by atoms with E-state index in [9.17, 15) is 0 Å². The first-order chi connectivity index (χ1) is 9.10. The van der Waals surface area contributed by atoms with E-state index >= 15 is 0 Å². The highest BCUT2D eigenvalue weighted by Gasteiger charge is 2.19. The molecule has 0 aromatic heterocycles. The van der Waals surface area contributed by atoms with E-state index in [-0.39, 0.29) is 0 Å². The Balaban J connectivity index is 2.04. The molecule has 3 N–H and O–H groups in total. The van der Waals surface area contributed by atoms with Gasteiger partial charge in [-0.05, 0) is 44.1 Å². The van der Waals surface area contributed by atoms with Crippen LogP contribution < -0.4 is 11.1 Å². The summed E-state index contributed by atoms with van der Waals surface area (Å²) in [6.45, 7) is 5.57. The van der Waals surface area contributed by atoms with Crippen molar-refractivity contribution in [3.05, 3.63) is 28.8 Å². The van der Waals surface area contributed by atoms with E-state index in [1.165, 1.54) is 19.4 Å². The van der Waals surface area contributed by atoms with E-state index in [4.69, 9.17) is 29.6 Å². The minimum absolute atomic E-state index is 0.378. The van der Waals surface area contributed by atoms with Gasteiger partial charge in [-0.15, -0.1) is 0 Å². The number of halogens is 1. The third-order valence-electron chi connectivity index (χ3n) is 3.57. The maximum Gasteiger partial charge on any atom is 0.104 e. The highest BCUT2D eigenvalue weighted by molar-refractivity contribution is 7.80. The lowest BCUT2D eigenvalue weighted by molar-refractivity contribution is 0.227. The lowest BCUT2D eigenvalue weighted by Crippen LogP contribution is -2.41. The van der Waals surface area contributed by atoms with E-state index in [0.717, 1.165) is 24.3 Å². The second kappa shape index (κ2) is 6.55. The Hall–Kier alpha value is -0.840. The molecule has 3 nitrogen and oxygen atoms in total. The number of anilines is 1. The Morgan fingerprint density at radius 1 is 1.58 bits per heavy atom. The number of hydrogen-bond donors (Lipinski definition) is 2. The van der Waals surface area contributed by atoms with E-state index in [1.807, 2.05) is 18.2 Å². The van der Waals surface area contributed by atoms with Crippen LogP contribution in [0.5, 0.6) is 0 Å². The Kier molecular flexibility index (Phi) is 5.02. The summed E-state index contributed by atoms with van der Waals surface area (Å²) < 4.78 is 0. The van der Waals surface area contributed by atoms with Crippen LogP contribution in [0.15, 0.2) is 18.2 Å². The van der Waals surface area contributed by atoms with Gasteiger partial charge < -0.3 is 16.0 Å². The molecule has 19 heavy (non-hydrogen) atoms. The SMILES string of the molecule is CCN1CCCC(Nc2ccc(C(N)=S)cc2Cl)C1. The summed E-state index contributed by atoms with van der Waals surface area (Å²) in [5.41, 5.74) is 7.37. The summed E-state index contributed by atoms with van der Waals surface area (Å²) in [6, 6.07) is 6.16. The number of nitrogens with two attached hydrogens (primary N) is 1. The molecule has 2 rings (SSSR count). The molecule has 1 aromatic carbocycles. The number of nitrogens with zero attached hydrogens (tertiary/aromatic N) is 1. The van der Waals surface area contributed by atoms with Crippen LogP contribution in [0.3, 0.4) is 0 Å². The fourth-order valence-electron chi connectivity index (χ4n) is 2.47. The van der Waals surface area contributed by atoms with Crippen molar-refractivity contribution >= 4 is 34.5 Å². The molecule has 0 saturated carbocycles. The fraction of sp³-hybridized carbons (Fsp3) is 0.500. The smallest absolute Gasteiger partial charge is 0.104 e. The van der Waals surface area contributed by atoms with Crippen molar-refractivity contribution in [3.8, 4) is 0 Å². The van der Waals surface area contributed by atoms with Gasteiger partial charge in [-0.3, -0.25) is 0 Å². The lowest BCUT2D eigenvalue weighted by atomic mass is 10.1. The number of nitrogens with one attached hydrogen (secondary N) is 1. The molecule has 0 bridgehead atoms. The van der Waals surface area contributed by atoms with Crippen LogP contribution in [-0.4, -0.2) is 35.6 Å². The summed E-state index contributed by atoms with van der Waals surface area (Å²) in [5, 5.41) is 4.20. The predicted octanol–water partition coefficient (Wildman–Crippen LogP) is 2.87. The molecule has 0 aliphatic carbocycles. The van der Waals surface area contributed by atoms with Crippen LogP contribution in [0.4, 0.5) is 5.69 Å². The molecule has 0 amide bonds. The van der Waals surface area contributed by atoms with Crippen LogP contribution in [0.25, 0.3) is 0 Å². The standard InChI is InChI=1S/C14H20ClN3S/c1-2-18-7-3-4-11(9-18)17-13-6-5-10(14(16)19)8-12(13)15/h5-6,8,11,17H,2-4,7,9H2,1H3,(H2,16,19). The first kappa shape index (κ1) is 14.6. The zero-order valence-electron chi connectivity index (χ0n) is 11.2. The van der Waals surface area contributed by atoms with Crippen molar-refractivity contribution < 1.29 is 0 Å². The molecule has 1 aliphatic rings. The summed E-state index contributed by atoms with van der Waals surface area (Å²) in [5.74, 6) is 0. The van der Waals surface area contributed by atoms with Crippen molar-refractivity contribution in [2.75, 3.05) is 25.0 Å². The van der Waals surface area contributed by atoms with Crippen LogP contribution >= 0.6 is 23.8 Å². The molecule has 104 valence electrons. The first-order valence-corrected chi connectivity index (χ1v) is 7.47. The average molecular weight is 298 g/mol. The number of likely N-dealkylation sites (tertiary alicyclic amines) is 1. The highest BCUT2D eigenvalue weighted by atomic mass is 35.5. The van der Waals surface area contributed by atoms with Gasteiger partial charge in [-0.1, -0.05) is 30.7 Å². The normalized spacial score (nSPS) is 20.2. The van der Waals surface area contributed by atoms with E-state index in [0.29, 0.717) is 16.1 Å². The van der Waals surface area contributed by atoms with Gasteiger partial charge >= 0.3 is 0 Å². The van der Waals surface area contributed by atoms with Gasteiger partial charge in [0.1, 0.15) is 4.99 Å². The molecule has 1 fully saturated rings. The molecule has 5 heteroatoms. The van der Waals surface area contributed by atoms with E-state index in [2.05, 4.69) is 17.1 Å². The molecule has 1 atom stereocenters. The molecule has 1 aromatic rings. The van der Waals surface area contributed by atoms with Crippen LogP contribution in [-0.2, 0) is 0 Å². The topological polar surface area (TPSA) is 41.3 Å². The monoisotopic (exact) mass is 297 g/mol. The van der Waals surface area contributed by atoms with Crippen molar-refractivity contribution in [3.63, 3.8) is 0 Å². The van der Waals surface area contributed by atoms with Gasteiger partial charge in [0.2, 0.25) is 0 Å². The van der Waals surface area contributed by atoms with Gasteiger partial charge in [0.05, 0.1) is 10.7 Å². The minimum atomic E-state index is 0.378. The number of benzene rings is 1. The number of hydrogen-bond acceptors (Lipinski definition) is 3. The zero-order chi connectivity index (χ0) is 13.8. The molecule has 1 saturated heterocycles. The van der Waals surface area contributed by atoms with E-state index < -0.39 is 0 Å². The minimum Gasteiger partial charge on any atom is -0.389 e. The average Bonchev–Trinajstić information content (AvgIpc) is 2.41. The van der Waals surface area contributed by atoms with Gasteiger partial charge in [-0.25, -0.2) is 0 Å². The Morgan fingerprint density at radius 2 is 2.37 bits per heavy atom. The molecule has 0 spiro atoms. The highest BCUT2D eigenvalue weighted by Crippen LogP contribution is 2.25. The molecular formula is C14H20ClN3S. The van der Waals surface area contributed by atoms with Crippen LogP contribution in [0, 0.1) is 0 Å². The summed E-state index contributed by atoms with van der Waals surface area (Å²) >= 11 is 11.2. The molecule has 1 unspecified atom stereocenters. The second-order valence-corrected chi connectivity index (χ2v) is 5.78. The molecule has 1 aliphatic heterocycles. The number of thiocarbonyl (C=S) groups is 1. The molecule has 0 radical (unpaired) electrons. The maximum absolute atomic E-state index is 6.27. The molecular weight excluding hydrogens is 278 g/mol. The largest absolute Gasteiger partial charge is 0.389 e. The second-order valence-electron chi connectivity index (χ2n) is 4.94. The van der Waals surface area contributed by atoms with Gasteiger partial charge in [-0.2, -0.15) is 0 Å². The van der Waals surface area contributed by atoms with Gasteiger partial charge in [0.25, 0.3) is 0 Å². The van der Waals surface area contributed by atoms with Crippen molar-refractivity contribution in [2.45, 2.75) is 25.8 Å². The predicted molar refractivity (Wildman–Crippen MR) is 86.1 cm³/mol. The number of rotatable bonds is 4. The van der Waals surface area contributed by atoms with Crippen molar-refractivity contribution in [2.24, 2.45) is 5.73 Å².